The van der Waals surface area contributed by atoms with Crippen molar-refractivity contribution in [1.82, 2.24) is 5.43 Å². The number of carbonyl (C=O) groups excluding carboxylic acids is 1. The molecule has 1 aromatic carbocycles. The van der Waals surface area contributed by atoms with Crippen LogP contribution >= 0.6 is 0 Å². The molecule has 0 saturated carbocycles. The van der Waals surface area contributed by atoms with E-state index in [0.29, 0.717) is 28.4 Å². The van der Waals surface area contributed by atoms with Crippen molar-refractivity contribution in [1.29, 1.82) is 0 Å². The Morgan fingerprint density at radius 2 is 2.15 bits per heavy atom. The molecule has 0 unspecified atom stereocenters. The largest absolute Gasteiger partial charge is 0.485 e. The van der Waals surface area contributed by atoms with E-state index in [1.54, 1.807) is 26.0 Å². The molecule has 0 atom stereocenters. The van der Waals surface area contributed by atoms with Gasteiger partial charge in [-0.1, -0.05) is 0 Å². The summed E-state index contributed by atoms with van der Waals surface area (Å²) in [6, 6.07) is 5.82. The zero-order chi connectivity index (χ0) is 14.7. The van der Waals surface area contributed by atoms with Crippen LogP contribution in [0, 0.1) is 19.7 Å². The van der Waals surface area contributed by atoms with Crippen molar-refractivity contribution < 1.29 is 18.3 Å². The van der Waals surface area contributed by atoms with Crippen LogP contribution in [0.2, 0.25) is 0 Å². The Morgan fingerprint density at radius 1 is 1.40 bits per heavy atom. The molecule has 1 heterocycles. The van der Waals surface area contributed by atoms with Crippen LogP contribution in [0.4, 0.5) is 4.39 Å². The molecule has 0 aliphatic heterocycles. The van der Waals surface area contributed by atoms with Crippen molar-refractivity contribution in [3.63, 3.8) is 0 Å². The van der Waals surface area contributed by atoms with E-state index < -0.39 is 5.91 Å². The lowest BCUT2D eigenvalue weighted by molar-refractivity contribution is 0.0952. The zero-order valence-corrected chi connectivity index (χ0v) is 11.2. The van der Waals surface area contributed by atoms with Crippen LogP contribution in [0.15, 0.2) is 28.7 Å². The summed E-state index contributed by atoms with van der Waals surface area (Å²) < 4.78 is 23.9. The van der Waals surface area contributed by atoms with Gasteiger partial charge in [-0.15, -0.1) is 0 Å². The quantitative estimate of drug-likeness (QED) is 0.510. The Bertz CT molecular complexity index is 637. The molecule has 0 saturated heterocycles. The van der Waals surface area contributed by atoms with Crippen LogP contribution in [0.3, 0.4) is 0 Å². The Balaban J connectivity index is 2.09. The molecule has 6 heteroatoms. The average Bonchev–Trinajstić information content (AvgIpc) is 2.78. The molecule has 0 spiro atoms. The van der Waals surface area contributed by atoms with E-state index in [0.717, 1.165) is 0 Å². The summed E-state index contributed by atoms with van der Waals surface area (Å²) in [5, 5.41) is 0. The van der Waals surface area contributed by atoms with E-state index in [2.05, 4.69) is 0 Å². The molecule has 3 N–H and O–H groups in total. The van der Waals surface area contributed by atoms with E-state index in [4.69, 9.17) is 15.0 Å². The topological polar surface area (TPSA) is 77.5 Å². The third-order valence-corrected chi connectivity index (χ3v) is 2.85. The van der Waals surface area contributed by atoms with Crippen molar-refractivity contribution in [3.8, 4) is 5.75 Å². The summed E-state index contributed by atoms with van der Waals surface area (Å²) in [7, 11) is 0. The summed E-state index contributed by atoms with van der Waals surface area (Å²) in [5.41, 5.74) is 3.09. The van der Waals surface area contributed by atoms with Gasteiger partial charge >= 0.3 is 0 Å². The Hall–Kier alpha value is -2.34. The lowest BCUT2D eigenvalue weighted by Crippen LogP contribution is -2.30. The second-order valence-corrected chi connectivity index (χ2v) is 4.35. The molecule has 106 valence electrons. The van der Waals surface area contributed by atoms with Gasteiger partial charge in [-0.3, -0.25) is 10.2 Å². The fourth-order valence-electron chi connectivity index (χ4n) is 1.84. The smallest absolute Gasteiger partial charge is 0.268 e. The number of aryl methyl sites for hydroxylation is 2. The third-order valence-electron chi connectivity index (χ3n) is 2.85. The van der Waals surface area contributed by atoms with Crippen LogP contribution in [0.5, 0.6) is 5.75 Å². The maximum atomic E-state index is 13.0. The highest BCUT2D eigenvalue weighted by molar-refractivity contribution is 5.94. The van der Waals surface area contributed by atoms with Gasteiger partial charge in [-0.25, -0.2) is 10.2 Å². The van der Waals surface area contributed by atoms with Crippen molar-refractivity contribution in [2.45, 2.75) is 20.5 Å². The van der Waals surface area contributed by atoms with Gasteiger partial charge in [0.1, 0.15) is 29.7 Å². The van der Waals surface area contributed by atoms with Crippen molar-refractivity contribution in [3.05, 3.63) is 52.7 Å². The predicted octanol–water partition coefficient (Wildman–Crippen LogP) is 2.22. The van der Waals surface area contributed by atoms with Crippen molar-refractivity contribution in [2.75, 3.05) is 0 Å². The molecule has 5 nitrogen and oxygen atoms in total. The molecule has 1 aromatic heterocycles. The van der Waals surface area contributed by atoms with Crippen molar-refractivity contribution >= 4 is 5.91 Å². The fourth-order valence-corrected chi connectivity index (χ4v) is 1.84. The number of hydrazine groups is 1. The lowest BCUT2D eigenvalue weighted by Gasteiger charge is -2.07. The number of benzene rings is 1. The normalized spacial score (nSPS) is 10.4. The summed E-state index contributed by atoms with van der Waals surface area (Å²) >= 11 is 0. The highest BCUT2D eigenvalue weighted by atomic mass is 19.1. The average molecular weight is 278 g/mol. The molecule has 0 aliphatic carbocycles. The summed E-state index contributed by atoms with van der Waals surface area (Å²) in [4.78, 5) is 11.4. The second-order valence-electron chi connectivity index (χ2n) is 4.35. The molecule has 0 radical (unpaired) electrons. The molecule has 2 rings (SSSR count). The summed E-state index contributed by atoms with van der Waals surface area (Å²) in [5.74, 6) is 5.85. The van der Waals surface area contributed by atoms with Gasteiger partial charge in [0.25, 0.3) is 5.91 Å². The molecular formula is C14H15FN2O3. The van der Waals surface area contributed by atoms with Crippen LogP contribution < -0.4 is 16.0 Å². The van der Waals surface area contributed by atoms with Gasteiger partial charge in [0.15, 0.2) is 0 Å². The Kier molecular flexibility index (Phi) is 4.05. The predicted molar refractivity (Wildman–Crippen MR) is 70.6 cm³/mol. The van der Waals surface area contributed by atoms with Gasteiger partial charge < -0.3 is 9.15 Å². The van der Waals surface area contributed by atoms with Gasteiger partial charge in [0.2, 0.25) is 0 Å². The minimum Gasteiger partial charge on any atom is -0.485 e. The number of nitrogens with one attached hydrogen (secondary N) is 1. The molecule has 0 fully saturated rings. The van der Waals surface area contributed by atoms with E-state index >= 15 is 0 Å². The van der Waals surface area contributed by atoms with E-state index in [-0.39, 0.29) is 12.4 Å². The van der Waals surface area contributed by atoms with Gasteiger partial charge in [0.05, 0.1) is 5.56 Å². The van der Waals surface area contributed by atoms with Crippen LogP contribution in [-0.4, -0.2) is 5.91 Å². The Morgan fingerprint density at radius 3 is 2.80 bits per heavy atom. The number of carbonyl (C=O) groups is 1. The Labute approximate surface area is 115 Å². The molecule has 0 bridgehead atoms. The number of amides is 1. The zero-order valence-electron chi connectivity index (χ0n) is 11.2. The van der Waals surface area contributed by atoms with Gasteiger partial charge in [0, 0.05) is 0 Å². The molecule has 20 heavy (non-hydrogen) atoms. The lowest BCUT2D eigenvalue weighted by atomic mass is 10.2. The summed E-state index contributed by atoms with van der Waals surface area (Å²) in [6.45, 7) is 3.56. The number of nitrogens with two attached hydrogens (primary N) is 1. The number of halogens is 1. The van der Waals surface area contributed by atoms with E-state index in [1.165, 1.54) is 12.1 Å². The van der Waals surface area contributed by atoms with E-state index in [1.807, 2.05) is 5.43 Å². The van der Waals surface area contributed by atoms with Crippen LogP contribution in [0.1, 0.15) is 27.4 Å². The first kappa shape index (κ1) is 14.1. The van der Waals surface area contributed by atoms with Gasteiger partial charge in [-0.05, 0) is 43.7 Å². The SMILES string of the molecule is Cc1cc(F)ccc1OCc1cc(C(=O)NN)c(C)o1. The molecule has 0 aliphatic rings. The van der Waals surface area contributed by atoms with Crippen LogP contribution in [0.25, 0.3) is 0 Å². The van der Waals surface area contributed by atoms with E-state index in [9.17, 15) is 9.18 Å². The first-order chi connectivity index (χ1) is 9.51. The summed E-state index contributed by atoms with van der Waals surface area (Å²) in [6.07, 6.45) is 0. The maximum absolute atomic E-state index is 13.0. The number of rotatable bonds is 4. The van der Waals surface area contributed by atoms with Gasteiger partial charge in [-0.2, -0.15) is 0 Å². The van der Waals surface area contributed by atoms with Crippen LogP contribution in [-0.2, 0) is 6.61 Å². The second kappa shape index (κ2) is 5.75. The number of furan rings is 1. The molecule has 1 amide bonds. The first-order valence-corrected chi connectivity index (χ1v) is 6.00. The molecular weight excluding hydrogens is 263 g/mol. The standard InChI is InChI=1S/C14H15FN2O3/c1-8-5-10(15)3-4-13(8)19-7-11-6-12(9(2)20-11)14(18)17-16/h3-6H,7,16H2,1-2H3,(H,17,18). The van der Waals surface area contributed by atoms with Crippen molar-refractivity contribution in [2.24, 2.45) is 5.84 Å². The minimum atomic E-state index is -0.421. The highest BCUT2D eigenvalue weighted by Crippen LogP contribution is 2.21. The fraction of sp³-hybridized carbons (Fsp3) is 0.214. The molecule has 2 aromatic rings. The number of hydrogen-bond donors (Lipinski definition) is 2. The number of nitrogen functional groups attached to an aromatic ring is 1. The monoisotopic (exact) mass is 278 g/mol. The number of ether oxygens (including phenoxy) is 1. The minimum absolute atomic E-state index is 0.144. The maximum Gasteiger partial charge on any atom is 0.268 e. The third kappa shape index (κ3) is 2.97. The highest BCUT2D eigenvalue weighted by Gasteiger charge is 2.14. The number of hydrogen-bond acceptors (Lipinski definition) is 4. The first-order valence-electron chi connectivity index (χ1n) is 6.00.